The summed E-state index contributed by atoms with van der Waals surface area (Å²) < 4.78 is 4.82. The van der Waals surface area contributed by atoms with Gasteiger partial charge >= 0.3 is 5.97 Å². The molecule has 21 heavy (non-hydrogen) atoms. The Hall–Kier alpha value is -0.910. The van der Waals surface area contributed by atoms with Crippen LogP contribution in [0, 0.1) is 0 Å². The predicted molar refractivity (Wildman–Crippen MR) is 86.5 cm³/mol. The minimum absolute atomic E-state index is 0.0519. The van der Waals surface area contributed by atoms with Crippen LogP contribution in [0.3, 0.4) is 0 Å². The number of thiophene rings is 1. The zero-order valence-corrected chi connectivity index (χ0v) is 13.7. The molecular weight excluding hydrogens is 284 g/mol. The van der Waals surface area contributed by atoms with Crippen LogP contribution in [0.2, 0.25) is 0 Å². The van der Waals surface area contributed by atoms with E-state index < -0.39 is 0 Å². The first-order valence-electron chi connectivity index (χ1n) is 7.78. The van der Waals surface area contributed by atoms with Crippen LogP contribution in [-0.4, -0.2) is 31.7 Å². The molecule has 3 unspecified atom stereocenters. The third-order valence-corrected chi connectivity index (χ3v) is 5.01. The van der Waals surface area contributed by atoms with Crippen molar-refractivity contribution in [2.75, 3.05) is 13.7 Å². The Kier molecular flexibility index (Phi) is 6.67. The second-order valence-corrected chi connectivity index (χ2v) is 6.78. The Labute approximate surface area is 131 Å². The van der Waals surface area contributed by atoms with Gasteiger partial charge in [0.1, 0.15) is 0 Å². The molecule has 1 aromatic rings. The highest BCUT2D eigenvalue weighted by Gasteiger charge is 2.22. The highest BCUT2D eigenvalue weighted by atomic mass is 32.1. The van der Waals surface area contributed by atoms with Crippen LogP contribution < -0.4 is 10.6 Å². The molecular formula is C16H26N2O2S. The van der Waals surface area contributed by atoms with Gasteiger partial charge in [-0.15, -0.1) is 11.3 Å². The van der Waals surface area contributed by atoms with Gasteiger partial charge in [0.15, 0.2) is 0 Å². The third-order valence-electron chi connectivity index (χ3n) is 4.02. The molecule has 2 rings (SSSR count). The molecule has 5 heteroatoms. The summed E-state index contributed by atoms with van der Waals surface area (Å²) in [4.78, 5) is 12.8. The number of piperidine rings is 1. The van der Waals surface area contributed by atoms with Gasteiger partial charge in [-0.25, -0.2) is 0 Å². The Morgan fingerprint density at radius 1 is 1.57 bits per heavy atom. The smallest absolute Gasteiger partial charge is 0.307 e. The van der Waals surface area contributed by atoms with Gasteiger partial charge in [0.25, 0.3) is 0 Å². The minimum Gasteiger partial charge on any atom is -0.469 e. The summed E-state index contributed by atoms with van der Waals surface area (Å²) in [7, 11) is 1.45. The van der Waals surface area contributed by atoms with Crippen molar-refractivity contribution < 1.29 is 9.53 Å². The zero-order valence-electron chi connectivity index (χ0n) is 12.9. The van der Waals surface area contributed by atoms with E-state index in [1.54, 1.807) is 11.3 Å². The van der Waals surface area contributed by atoms with E-state index >= 15 is 0 Å². The molecule has 1 aliphatic heterocycles. The molecule has 1 aliphatic rings. The maximum absolute atomic E-state index is 11.6. The number of rotatable bonds is 7. The lowest BCUT2D eigenvalue weighted by molar-refractivity contribution is -0.141. The Bertz CT molecular complexity index is 416. The van der Waals surface area contributed by atoms with E-state index in [-0.39, 0.29) is 12.0 Å². The van der Waals surface area contributed by atoms with E-state index in [2.05, 4.69) is 29.0 Å². The highest BCUT2D eigenvalue weighted by Crippen LogP contribution is 2.24. The molecule has 1 fully saturated rings. The maximum atomic E-state index is 11.6. The van der Waals surface area contributed by atoms with E-state index in [1.165, 1.54) is 31.2 Å². The summed E-state index contributed by atoms with van der Waals surface area (Å²) in [6, 6.07) is 5.13. The molecule has 2 heterocycles. The highest BCUT2D eigenvalue weighted by molar-refractivity contribution is 7.10. The standard InChI is InChI=1S/C16H26N2O2S/c1-12(10-13-6-3-4-8-17-13)18-14(11-16(19)20-2)15-7-5-9-21-15/h5,7,9,12-14,17-18H,3-4,6,8,10-11H2,1-2H3. The molecule has 0 aliphatic carbocycles. The topological polar surface area (TPSA) is 50.4 Å². The van der Waals surface area contributed by atoms with Gasteiger partial charge < -0.3 is 15.4 Å². The Morgan fingerprint density at radius 2 is 2.43 bits per heavy atom. The van der Waals surface area contributed by atoms with Gasteiger partial charge in [0.2, 0.25) is 0 Å². The average molecular weight is 310 g/mol. The second kappa shape index (κ2) is 8.51. The van der Waals surface area contributed by atoms with Crippen molar-refractivity contribution in [1.82, 2.24) is 10.6 Å². The lowest BCUT2D eigenvalue weighted by Gasteiger charge is -2.28. The number of carbonyl (C=O) groups is 1. The molecule has 0 amide bonds. The fraction of sp³-hybridized carbons (Fsp3) is 0.688. The average Bonchev–Trinajstić information content (AvgIpc) is 3.01. The number of hydrogen-bond donors (Lipinski definition) is 2. The Morgan fingerprint density at radius 3 is 3.05 bits per heavy atom. The lowest BCUT2D eigenvalue weighted by Crippen LogP contribution is -2.41. The molecule has 4 nitrogen and oxygen atoms in total. The molecule has 0 spiro atoms. The van der Waals surface area contributed by atoms with Crippen molar-refractivity contribution >= 4 is 17.3 Å². The van der Waals surface area contributed by atoms with Crippen LogP contribution >= 0.6 is 11.3 Å². The fourth-order valence-corrected chi connectivity index (χ4v) is 3.73. The number of nitrogens with one attached hydrogen (secondary N) is 2. The molecule has 0 radical (unpaired) electrons. The molecule has 0 saturated carbocycles. The number of carbonyl (C=O) groups excluding carboxylic acids is 1. The van der Waals surface area contributed by atoms with Gasteiger partial charge in [-0.05, 0) is 44.2 Å². The summed E-state index contributed by atoms with van der Waals surface area (Å²) in [5.41, 5.74) is 0. The van der Waals surface area contributed by atoms with Crippen molar-refractivity contribution in [2.45, 2.75) is 57.2 Å². The monoisotopic (exact) mass is 310 g/mol. The van der Waals surface area contributed by atoms with Gasteiger partial charge in [0.05, 0.1) is 19.6 Å². The normalized spacial score (nSPS) is 21.7. The Balaban J connectivity index is 1.89. The molecule has 118 valence electrons. The van der Waals surface area contributed by atoms with E-state index in [1.807, 2.05) is 6.07 Å². The molecule has 0 aromatic carbocycles. The van der Waals surface area contributed by atoms with Crippen molar-refractivity contribution in [3.05, 3.63) is 22.4 Å². The second-order valence-electron chi connectivity index (χ2n) is 5.80. The first kappa shape index (κ1) is 16.5. The van der Waals surface area contributed by atoms with Crippen molar-refractivity contribution in [3.63, 3.8) is 0 Å². The van der Waals surface area contributed by atoms with Crippen molar-refractivity contribution in [3.8, 4) is 0 Å². The van der Waals surface area contributed by atoms with E-state index in [9.17, 15) is 4.79 Å². The van der Waals surface area contributed by atoms with Crippen molar-refractivity contribution in [1.29, 1.82) is 0 Å². The van der Waals surface area contributed by atoms with Gasteiger partial charge in [0, 0.05) is 17.0 Å². The van der Waals surface area contributed by atoms with Crippen LogP contribution in [-0.2, 0) is 9.53 Å². The van der Waals surface area contributed by atoms with E-state index in [0.717, 1.165) is 13.0 Å². The van der Waals surface area contributed by atoms with Crippen LogP contribution in [0.4, 0.5) is 0 Å². The maximum Gasteiger partial charge on any atom is 0.307 e. The molecule has 2 N–H and O–H groups in total. The summed E-state index contributed by atoms with van der Waals surface area (Å²) in [5.74, 6) is -0.163. The summed E-state index contributed by atoms with van der Waals surface area (Å²) in [5, 5.41) is 9.23. The molecule has 3 atom stereocenters. The van der Waals surface area contributed by atoms with Gasteiger partial charge in [-0.3, -0.25) is 4.79 Å². The molecule has 1 saturated heterocycles. The number of methoxy groups -OCH3 is 1. The van der Waals surface area contributed by atoms with Gasteiger partial charge in [-0.2, -0.15) is 0 Å². The SMILES string of the molecule is COC(=O)CC(NC(C)CC1CCCCN1)c1cccs1. The van der Waals surface area contributed by atoms with Crippen molar-refractivity contribution in [2.24, 2.45) is 0 Å². The largest absolute Gasteiger partial charge is 0.469 e. The predicted octanol–water partition coefficient (Wildman–Crippen LogP) is 2.86. The number of ether oxygens (including phenoxy) is 1. The zero-order chi connectivity index (χ0) is 15.1. The molecule has 0 bridgehead atoms. The minimum atomic E-state index is -0.163. The summed E-state index contributed by atoms with van der Waals surface area (Å²) in [6.45, 7) is 3.34. The quantitative estimate of drug-likeness (QED) is 0.760. The van der Waals surface area contributed by atoms with Crippen LogP contribution in [0.1, 0.15) is 49.9 Å². The third kappa shape index (κ3) is 5.41. The first-order chi connectivity index (χ1) is 10.2. The van der Waals surface area contributed by atoms with Crippen LogP contribution in [0.25, 0.3) is 0 Å². The first-order valence-corrected chi connectivity index (χ1v) is 8.66. The van der Waals surface area contributed by atoms with Crippen LogP contribution in [0.15, 0.2) is 17.5 Å². The number of hydrogen-bond acceptors (Lipinski definition) is 5. The van der Waals surface area contributed by atoms with Crippen LogP contribution in [0.5, 0.6) is 0 Å². The lowest BCUT2D eigenvalue weighted by atomic mass is 9.98. The number of esters is 1. The fourth-order valence-electron chi connectivity index (χ4n) is 2.94. The molecule has 1 aromatic heterocycles. The van der Waals surface area contributed by atoms with Gasteiger partial charge in [-0.1, -0.05) is 12.5 Å². The summed E-state index contributed by atoms with van der Waals surface area (Å²) >= 11 is 1.69. The van der Waals surface area contributed by atoms with E-state index in [0.29, 0.717) is 18.5 Å². The summed E-state index contributed by atoms with van der Waals surface area (Å²) in [6.07, 6.45) is 5.36. The van der Waals surface area contributed by atoms with E-state index in [4.69, 9.17) is 4.74 Å².